The first kappa shape index (κ1) is 8.49. The van der Waals surface area contributed by atoms with Crippen LogP contribution in [0.5, 0.6) is 0 Å². The molecule has 0 aliphatic rings. The number of hydrogen-bond acceptors (Lipinski definition) is 2. The lowest BCUT2D eigenvalue weighted by molar-refractivity contribution is 1.25. The number of halogens is 2. The second-order valence-electron chi connectivity index (χ2n) is 1.76. The summed E-state index contributed by atoms with van der Waals surface area (Å²) in [6, 6.07) is 0. The van der Waals surface area contributed by atoms with Gasteiger partial charge in [-0.05, 0) is 22.0 Å². The van der Waals surface area contributed by atoms with Crippen molar-refractivity contribution in [2.45, 2.75) is 0 Å². The highest BCUT2D eigenvalue weighted by atomic mass is 79.9. The van der Waals surface area contributed by atoms with Gasteiger partial charge in [0.05, 0.1) is 11.2 Å². The lowest BCUT2D eigenvalue weighted by Crippen LogP contribution is -1.79. The number of nitrogens with one attached hydrogen (secondary N) is 2. The Morgan fingerprint density at radius 3 is 3.00 bits per heavy atom. The minimum absolute atomic E-state index is 0.422. The summed E-state index contributed by atoms with van der Waals surface area (Å²) >= 11 is 8.91. The molecule has 58 valence electrons. The average Bonchev–Trinajstić information content (AvgIpc) is 2.36. The maximum atomic E-state index is 6.75. The number of nitrogens with zero attached hydrogens (tertiary/aromatic N) is 1. The fraction of sp³-hybridized carbons (Fsp3) is 0. The van der Waals surface area contributed by atoms with Gasteiger partial charge in [-0.15, -0.1) is 0 Å². The van der Waals surface area contributed by atoms with Crippen LogP contribution in [0.2, 0.25) is 0 Å². The SMILES string of the molecule is N=C/C=C(/Cl)c1ncc(Br)[nH]1. The lowest BCUT2D eigenvalue weighted by atomic mass is 10.5. The topological polar surface area (TPSA) is 52.5 Å². The molecule has 0 atom stereocenters. The molecular formula is C6H5BrClN3. The molecule has 0 saturated carbocycles. The lowest BCUT2D eigenvalue weighted by Gasteiger charge is -1.88. The van der Waals surface area contributed by atoms with Crippen molar-refractivity contribution in [2.75, 3.05) is 0 Å². The normalized spacial score (nSPS) is 11.6. The Bertz CT molecular complexity index is 292. The van der Waals surface area contributed by atoms with Gasteiger partial charge in [0.1, 0.15) is 10.4 Å². The van der Waals surface area contributed by atoms with E-state index in [0.717, 1.165) is 10.8 Å². The van der Waals surface area contributed by atoms with Gasteiger partial charge in [0.2, 0.25) is 0 Å². The van der Waals surface area contributed by atoms with Crippen LogP contribution >= 0.6 is 27.5 Å². The van der Waals surface area contributed by atoms with Crippen LogP contribution in [0.1, 0.15) is 5.82 Å². The highest BCUT2D eigenvalue weighted by Crippen LogP contribution is 2.16. The molecule has 1 rings (SSSR count). The van der Waals surface area contributed by atoms with Crippen LogP contribution < -0.4 is 0 Å². The number of hydrogen-bond donors (Lipinski definition) is 2. The number of imidazole rings is 1. The molecule has 0 aromatic carbocycles. The van der Waals surface area contributed by atoms with Crippen LogP contribution in [0.25, 0.3) is 5.03 Å². The van der Waals surface area contributed by atoms with Gasteiger partial charge in [-0.3, -0.25) is 0 Å². The Labute approximate surface area is 77.1 Å². The summed E-state index contributed by atoms with van der Waals surface area (Å²) in [7, 11) is 0. The largest absolute Gasteiger partial charge is 0.332 e. The van der Waals surface area contributed by atoms with Gasteiger partial charge in [-0.1, -0.05) is 11.6 Å². The highest BCUT2D eigenvalue weighted by Gasteiger charge is 2.00. The molecule has 0 bridgehead atoms. The first-order chi connectivity index (χ1) is 5.24. The van der Waals surface area contributed by atoms with Gasteiger partial charge in [0.15, 0.2) is 0 Å². The first-order valence-electron chi connectivity index (χ1n) is 2.81. The Kier molecular flexibility index (Phi) is 2.84. The van der Waals surface area contributed by atoms with Gasteiger partial charge >= 0.3 is 0 Å². The molecule has 0 spiro atoms. The van der Waals surface area contributed by atoms with Crippen LogP contribution in [-0.4, -0.2) is 16.2 Å². The van der Waals surface area contributed by atoms with Crippen LogP contribution in [0.4, 0.5) is 0 Å². The van der Waals surface area contributed by atoms with Crippen LogP contribution in [0, 0.1) is 5.41 Å². The van der Waals surface area contributed by atoms with Crippen molar-refractivity contribution in [3.05, 3.63) is 22.7 Å². The van der Waals surface area contributed by atoms with E-state index in [9.17, 15) is 0 Å². The second kappa shape index (κ2) is 3.69. The van der Waals surface area contributed by atoms with Crippen molar-refractivity contribution in [2.24, 2.45) is 0 Å². The Hall–Kier alpha value is -0.610. The second-order valence-corrected chi connectivity index (χ2v) is 3.02. The van der Waals surface area contributed by atoms with Crippen molar-refractivity contribution >= 4 is 38.8 Å². The summed E-state index contributed by atoms with van der Waals surface area (Å²) in [6.07, 6.45) is 4.17. The van der Waals surface area contributed by atoms with E-state index in [-0.39, 0.29) is 0 Å². The smallest absolute Gasteiger partial charge is 0.149 e. The van der Waals surface area contributed by atoms with Crippen molar-refractivity contribution in [3.63, 3.8) is 0 Å². The fourth-order valence-corrected chi connectivity index (χ4v) is 1.02. The zero-order valence-corrected chi connectivity index (χ0v) is 7.78. The molecular weight excluding hydrogens is 229 g/mol. The van der Waals surface area contributed by atoms with E-state index < -0.39 is 0 Å². The van der Waals surface area contributed by atoms with Gasteiger partial charge in [0, 0.05) is 6.21 Å². The summed E-state index contributed by atoms with van der Waals surface area (Å²) in [4.78, 5) is 6.79. The van der Waals surface area contributed by atoms with Crippen molar-refractivity contribution in [1.82, 2.24) is 9.97 Å². The van der Waals surface area contributed by atoms with E-state index in [2.05, 4.69) is 25.9 Å². The van der Waals surface area contributed by atoms with Crippen molar-refractivity contribution < 1.29 is 0 Å². The van der Waals surface area contributed by atoms with E-state index >= 15 is 0 Å². The first-order valence-corrected chi connectivity index (χ1v) is 3.98. The molecule has 1 heterocycles. The number of aromatic nitrogens is 2. The summed E-state index contributed by atoms with van der Waals surface area (Å²) in [6.45, 7) is 0. The fourth-order valence-electron chi connectivity index (χ4n) is 0.572. The zero-order valence-electron chi connectivity index (χ0n) is 5.44. The van der Waals surface area contributed by atoms with E-state index in [1.807, 2.05) is 0 Å². The molecule has 5 heteroatoms. The maximum Gasteiger partial charge on any atom is 0.149 e. The van der Waals surface area contributed by atoms with E-state index in [0.29, 0.717) is 10.9 Å². The van der Waals surface area contributed by atoms with Crippen LogP contribution in [-0.2, 0) is 0 Å². The number of H-pyrrole nitrogens is 1. The summed E-state index contributed by atoms with van der Waals surface area (Å²) in [5.74, 6) is 0.557. The van der Waals surface area contributed by atoms with Gasteiger partial charge in [-0.25, -0.2) is 4.98 Å². The monoisotopic (exact) mass is 233 g/mol. The van der Waals surface area contributed by atoms with Crippen LogP contribution in [0.3, 0.4) is 0 Å². The number of rotatable bonds is 2. The minimum Gasteiger partial charge on any atom is -0.332 e. The molecule has 0 fully saturated rings. The van der Waals surface area contributed by atoms with Gasteiger partial charge in [-0.2, -0.15) is 0 Å². The molecule has 3 nitrogen and oxygen atoms in total. The molecule has 2 N–H and O–H groups in total. The van der Waals surface area contributed by atoms with E-state index in [1.54, 1.807) is 6.20 Å². The Balaban J connectivity index is 2.93. The van der Waals surface area contributed by atoms with Gasteiger partial charge < -0.3 is 10.4 Å². The molecule has 0 radical (unpaired) electrons. The maximum absolute atomic E-state index is 6.75. The third kappa shape index (κ3) is 2.17. The third-order valence-corrected chi connectivity index (χ3v) is 1.71. The molecule has 1 aromatic heterocycles. The molecule has 1 aromatic rings. The molecule has 0 aliphatic heterocycles. The summed E-state index contributed by atoms with van der Waals surface area (Å²) in [5.41, 5.74) is 0. The molecule has 0 saturated heterocycles. The highest BCUT2D eigenvalue weighted by molar-refractivity contribution is 9.10. The van der Waals surface area contributed by atoms with Crippen molar-refractivity contribution in [3.8, 4) is 0 Å². The molecule has 11 heavy (non-hydrogen) atoms. The predicted molar refractivity (Wildman–Crippen MR) is 48.9 cm³/mol. The minimum atomic E-state index is 0.422. The van der Waals surface area contributed by atoms with Crippen LogP contribution in [0.15, 0.2) is 16.9 Å². The average molecular weight is 234 g/mol. The van der Waals surface area contributed by atoms with E-state index in [1.165, 1.54) is 6.08 Å². The molecule has 0 unspecified atom stereocenters. The van der Waals surface area contributed by atoms with Gasteiger partial charge in [0.25, 0.3) is 0 Å². The van der Waals surface area contributed by atoms with Crippen molar-refractivity contribution in [1.29, 1.82) is 5.41 Å². The van der Waals surface area contributed by atoms with E-state index in [4.69, 9.17) is 17.0 Å². The predicted octanol–water partition coefficient (Wildman–Crippen LogP) is 2.40. The Morgan fingerprint density at radius 1 is 1.82 bits per heavy atom. The molecule has 0 amide bonds. The summed E-state index contributed by atoms with van der Waals surface area (Å²) in [5, 5.41) is 7.17. The Morgan fingerprint density at radius 2 is 2.55 bits per heavy atom. The third-order valence-electron chi connectivity index (χ3n) is 1.00. The number of allylic oxidation sites excluding steroid dienone is 1. The summed E-state index contributed by atoms with van der Waals surface area (Å²) < 4.78 is 0.768. The number of aromatic amines is 1. The molecule has 0 aliphatic carbocycles. The quantitative estimate of drug-likeness (QED) is 0.759. The zero-order chi connectivity index (χ0) is 8.27. The standard InChI is InChI=1S/C6H5BrClN3/c7-5-3-10-6(11-5)4(8)1-2-9/h1-3,9H,(H,10,11)/b4-1+,9-2?.